The minimum absolute atomic E-state index is 0.155. The molecule has 0 fully saturated rings. The van der Waals surface area contributed by atoms with E-state index in [0.717, 1.165) is 16.0 Å². The summed E-state index contributed by atoms with van der Waals surface area (Å²) in [6, 6.07) is 25.5. The van der Waals surface area contributed by atoms with E-state index in [9.17, 15) is 19.2 Å². The highest BCUT2D eigenvalue weighted by atomic mass is 16.2. The summed E-state index contributed by atoms with van der Waals surface area (Å²) in [6.07, 6.45) is 0. The van der Waals surface area contributed by atoms with E-state index < -0.39 is 11.8 Å². The first-order valence-electron chi connectivity index (χ1n) is 11.7. The van der Waals surface area contributed by atoms with Gasteiger partial charge in [0.1, 0.15) is 0 Å². The van der Waals surface area contributed by atoms with E-state index >= 15 is 0 Å². The summed E-state index contributed by atoms with van der Waals surface area (Å²) in [5.74, 6) is -1.69. The second-order valence-electron chi connectivity index (χ2n) is 8.89. The van der Waals surface area contributed by atoms with Crippen LogP contribution in [0.2, 0.25) is 0 Å². The maximum atomic E-state index is 13.2. The fraction of sp³-hybridized carbons (Fsp3) is 0.0667. The molecule has 5 rings (SSSR count). The van der Waals surface area contributed by atoms with Crippen LogP contribution in [0.5, 0.6) is 0 Å². The molecule has 7 heteroatoms. The maximum Gasteiger partial charge on any atom is 0.266 e. The van der Waals surface area contributed by atoms with Crippen molar-refractivity contribution in [3.63, 3.8) is 0 Å². The van der Waals surface area contributed by atoms with Crippen LogP contribution in [0.15, 0.2) is 91.0 Å². The van der Waals surface area contributed by atoms with E-state index in [-0.39, 0.29) is 28.5 Å². The molecule has 0 bridgehead atoms. The summed E-state index contributed by atoms with van der Waals surface area (Å²) in [4.78, 5) is 52.6. The van der Waals surface area contributed by atoms with Crippen LogP contribution in [0.4, 0.5) is 17.1 Å². The number of imide groups is 1. The number of carbonyl (C=O) groups excluding carboxylic acids is 4. The highest BCUT2D eigenvalue weighted by Crippen LogP contribution is 2.29. The zero-order valence-corrected chi connectivity index (χ0v) is 20.2. The van der Waals surface area contributed by atoms with Crippen LogP contribution < -0.4 is 15.5 Å². The van der Waals surface area contributed by atoms with Crippen LogP contribution in [-0.2, 0) is 0 Å². The number of carbonyl (C=O) groups is 4. The normalized spacial score (nSPS) is 12.3. The number of hydrogen-bond donors (Lipinski definition) is 2. The van der Waals surface area contributed by atoms with Crippen LogP contribution in [0, 0.1) is 13.8 Å². The molecule has 0 saturated heterocycles. The Balaban J connectivity index is 1.32. The first kappa shape index (κ1) is 23.7. The van der Waals surface area contributed by atoms with Gasteiger partial charge in [0.15, 0.2) is 0 Å². The van der Waals surface area contributed by atoms with Gasteiger partial charge in [-0.1, -0.05) is 35.4 Å². The molecule has 0 unspecified atom stereocenters. The Morgan fingerprint density at radius 2 is 1.03 bits per heavy atom. The Hall–Kier alpha value is -5.04. The quantitative estimate of drug-likeness (QED) is 0.356. The van der Waals surface area contributed by atoms with Crippen molar-refractivity contribution in [1.82, 2.24) is 0 Å². The smallest absolute Gasteiger partial charge is 0.266 e. The Morgan fingerprint density at radius 1 is 0.568 bits per heavy atom. The van der Waals surface area contributed by atoms with E-state index in [0.29, 0.717) is 22.6 Å². The van der Waals surface area contributed by atoms with Crippen molar-refractivity contribution < 1.29 is 19.2 Å². The molecule has 0 aliphatic carbocycles. The van der Waals surface area contributed by atoms with Crippen LogP contribution in [0.3, 0.4) is 0 Å². The summed E-state index contributed by atoms with van der Waals surface area (Å²) in [5.41, 5.74) is 4.82. The molecular weight excluding hydrogens is 466 g/mol. The summed E-state index contributed by atoms with van der Waals surface area (Å²) in [7, 11) is 0. The highest BCUT2D eigenvalue weighted by Gasteiger charge is 2.37. The molecule has 0 aromatic heterocycles. The van der Waals surface area contributed by atoms with E-state index in [1.165, 1.54) is 18.2 Å². The summed E-state index contributed by atoms with van der Waals surface area (Å²) >= 11 is 0. The lowest BCUT2D eigenvalue weighted by molar-refractivity contribution is 0.0924. The second-order valence-corrected chi connectivity index (χ2v) is 8.89. The number of nitrogens with one attached hydrogen (secondary N) is 2. The molecule has 1 aliphatic rings. The Kier molecular flexibility index (Phi) is 6.11. The number of anilines is 3. The SMILES string of the molecule is Cc1ccc(NC(=O)c2ccc(N3C(=O)c4ccc(C(=O)Nc5ccc(C)cc5)cc4C3=O)cc2)cc1. The number of aryl methyl sites for hydroxylation is 2. The average molecular weight is 490 g/mol. The van der Waals surface area contributed by atoms with Crippen molar-refractivity contribution in [3.8, 4) is 0 Å². The monoisotopic (exact) mass is 489 g/mol. The molecule has 7 nitrogen and oxygen atoms in total. The third-order valence-electron chi connectivity index (χ3n) is 6.16. The third-order valence-corrected chi connectivity index (χ3v) is 6.16. The summed E-state index contributed by atoms with van der Waals surface area (Å²) < 4.78 is 0. The predicted octanol–water partition coefficient (Wildman–Crippen LogP) is 5.61. The molecular formula is C30H23N3O4. The molecule has 4 amide bonds. The van der Waals surface area contributed by atoms with E-state index in [4.69, 9.17) is 0 Å². The van der Waals surface area contributed by atoms with Crippen LogP contribution in [-0.4, -0.2) is 23.6 Å². The van der Waals surface area contributed by atoms with E-state index in [1.807, 2.05) is 50.2 Å². The fourth-order valence-corrected chi connectivity index (χ4v) is 4.06. The molecule has 0 radical (unpaired) electrons. The fourth-order valence-electron chi connectivity index (χ4n) is 4.06. The predicted molar refractivity (Wildman–Crippen MR) is 142 cm³/mol. The topological polar surface area (TPSA) is 95.6 Å². The van der Waals surface area contributed by atoms with Crippen LogP contribution >= 0.6 is 0 Å². The van der Waals surface area contributed by atoms with Gasteiger partial charge >= 0.3 is 0 Å². The lowest BCUT2D eigenvalue weighted by Gasteiger charge is -2.14. The second kappa shape index (κ2) is 9.54. The highest BCUT2D eigenvalue weighted by molar-refractivity contribution is 6.34. The van der Waals surface area contributed by atoms with Crippen molar-refractivity contribution in [2.75, 3.05) is 15.5 Å². The van der Waals surface area contributed by atoms with Gasteiger partial charge in [-0.2, -0.15) is 0 Å². The number of hydrogen-bond acceptors (Lipinski definition) is 4. The zero-order valence-electron chi connectivity index (χ0n) is 20.2. The number of amides is 4. The molecule has 0 atom stereocenters. The molecule has 0 saturated carbocycles. The number of benzene rings is 4. The Morgan fingerprint density at radius 3 is 1.57 bits per heavy atom. The van der Waals surface area contributed by atoms with Crippen molar-refractivity contribution in [1.29, 1.82) is 0 Å². The molecule has 1 aliphatic heterocycles. The van der Waals surface area contributed by atoms with Gasteiger partial charge in [-0.3, -0.25) is 19.2 Å². The summed E-state index contributed by atoms with van der Waals surface area (Å²) in [5, 5.41) is 5.61. The van der Waals surface area contributed by atoms with Crippen molar-refractivity contribution in [3.05, 3.63) is 124 Å². The van der Waals surface area contributed by atoms with E-state index in [1.54, 1.807) is 36.4 Å². The third kappa shape index (κ3) is 4.75. The lowest BCUT2D eigenvalue weighted by Crippen LogP contribution is -2.29. The van der Waals surface area contributed by atoms with Crippen LogP contribution in [0.25, 0.3) is 0 Å². The molecule has 37 heavy (non-hydrogen) atoms. The Bertz CT molecular complexity index is 1540. The van der Waals surface area contributed by atoms with Gasteiger partial charge in [0, 0.05) is 22.5 Å². The zero-order chi connectivity index (χ0) is 26.1. The molecule has 4 aromatic carbocycles. The molecule has 1 heterocycles. The molecule has 0 spiro atoms. The largest absolute Gasteiger partial charge is 0.322 e. The number of nitrogens with zero attached hydrogens (tertiary/aromatic N) is 1. The molecule has 2 N–H and O–H groups in total. The summed E-state index contributed by atoms with van der Waals surface area (Å²) in [6.45, 7) is 3.92. The van der Waals surface area contributed by atoms with Gasteiger partial charge in [-0.15, -0.1) is 0 Å². The first-order chi connectivity index (χ1) is 17.8. The van der Waals surface area contributed by atoms with Crippen LogP contribution in [0.1, 0.15) is 52.6 Å². The first-order valence-corrected chi connectivity index (χ1v) is 11.7. The van der Waals surface area contributed by atoms with Crippen molar-refractivity contribution in [2.24, 2.45) is 0 Å². The van der Waals surface area contributed by atoms with Crippen molar-refractivity contribution in [2.45, 2.75) is 13.8 Å². The standard InChI is InChI=1S/C30H23N3O4/c1-18-3-10-22(11-4-18)31-27(34)20-7-14-24(15-8-20)33-29(36)25-16-9-21(17-26(25)30(33)37)28(35)32-23-12-5-19(2)6-13-23/h3-17H,1-2H3,(H,31,34)(H,32,35). The van der Waals surface area contributed by atoms with Gasteiger partial charge in [-0.25, -0.2) is 4.90 Å². The minimum atomic E-state index is -0.526. The molecule has 182 valence electrons. The average Bonchev–Trinajstić information content (AvgIpc) is 3.16. The maximum absolute atomic E-state index is 13.2. The van der Waals surface area contributed by atoms with Gasteiger partial charge < -0.3 is 10.6 Å². The molecule has 4 aromatic rings. The van der Waals surface area contributed by atoms with E-state index in [2.05, 4.69) is 10.6 Å². The van der Waals surface area contributed by atoms with Gasteiger partial charge in [0.25, 0.3) is 23.6 Å². The number of rotatable bonds is 5. The lowest BCUT2D eigenvalue weighted by atomic mass is 10.1. The van der Waals surface area contributed by atoms with Gasteiger partial charge in [0.05, 0.1) is 16.8 Å². The van der Waals surface area contributed by atoms with Gasteiger partial charge in [0.2, 0.25) is 0 Å². The van der Waals surface area contributed by atoms with Crippen molar-refractivity contribution >= 4 is 40.7 Å². The van der Waals surface area contributed by atoms with Gasteiger partial charge in [-0.05, 0) is 80.6 Å². The minimum Gasteiger partial charge on any atom is -0.322 e. The Labute approximate surface area is 213 Å². The number of fused-ring (bicyclic) bond motifs is 1.